The maximum Gasteiger partial charge on any atom is 0.406 e. The van der Waals surface area contributed by atoms with Gasteiger partial charge in [0, 0.05) is 27.7 Å². The summed E-state index contributed by atoms with van der Waals surface area (Å²) >= 11 is 1.61. The van der Waals surface area contributed by atoms with Gasteiger partial charge in [-0.1, -0.05) is 18.2 Å². The molecule has 2 aromatic carbocycles. The Morgan fingerprint density at radius 1 is 1.00 bits per heavy atom. The van der Waals surface area contributed by atoms with Crippen LogP contribution in [0.2, 0.25) is 0 Å². The Labute approximate surface area is 159 Å². The highest BCUT2D eigenvalue weighted by Gasteiger charge is 2.30. The molecule has 27 heavy (non-hydrogen) atoms. The predicted molar refractivity (Wildman–Crippen MR) is 106 cm³/mol. The van der Waals surface area contributed by atoms with Crippen molar-refractivity contribution >= 4 is 33.1 Å². The van der Waals surface area contributed by atoms with Gasteiger partial charge in [-0.3, -0.25) is 0 Å². The average molecular weight is 388 g/mol. The Balaban J connectivity index is 1.98. The van der Waals surface area contributed by atoms with Gasteiger partial charge in [-0.2, -0.15) is 13.2 Å². The van der Waals surface area contributed by atoms with Gasteiger partial charge in [0.1, 0.15) is 6.54 Å². The zero-order chi connectivity index (χ0) is 19.2. The molecule has 0 aliphatic heterocycles. The first-order valence-corrected chi connectivity index (χ1v) is 9.55. The summed E-state index contributed by atoms with van der Waals surface area (Å²) in [5.41, 5.74) is 4.38. The van der Waals surface area contributed by atoms with Gasteiger partial charge in [-0.25, -0.2) is 0 Å². The van der Waals surface area contributed by atoms with E-state index in [1.165, 1.54) is 4.57 Å². The molecule has 2 aromatic heterocycles. The van der Waals surface area contributed by atoms with Gasteiger partial charge >= 0.3 is 6.18 Å². The van der Waals surface area contributed by atoms with Crippen LogP contribution < -0.4 is 5.32 Å². The lowest BCUT2D eigenvalue weighted by atomic mass is 10.1. The van der Waals surface area contributed by atoms with Crippen LogP contribution in [-0.4, -0.2) is 17.8 Å². The molecule has 2 heterocycles. The lowest BCUT2D eigenvalue weighted by Crippen LogP contribution is -2.17. The third-order valence-electron chi connectivity index (χ3n) is 4.66. The van der Waals surface area contributed by atoms with Crippen molar-refractivity contribution < 1.29 is 13.2 Å². The number of aromatic nitrogens is 1. The first-order valence-electron chi connectivity index (χ1n) is 8.67. The molecule has 0 radical (unpaired) electrons. The number of halogens is 3. The van der Waals surface area contributed by atoms with E-state index in [-0.39, 0.29) is 0 Å². The Kier molecular flexibility index (Phi) is 4.48. The van der Waals surface area contributed by atoms with E-state index < -0.39 is 12.7 Å². The lowest BCUT2D eigenvalue weighted by Gasteiger charge is -2.11. The summed E-state index contributed by atoms with van der Waals surface area (Å²) < 4.78 is 41.2. The van der Waals surface area contributed by atoms with Gasteiger partial charge < -0.3 is 9.88 Å². The fraction of sp³-hybridized carbons (Fsp3) is 0.238. The average Bonchev–Trinajstić information content (AvgIpc) is 3.16. The Bertz CT molecular complexity index is 1120. The van der Waals surface area contributed by atoms with Crippen LogP contribution in [0.5, 0.6) is 0 Å². The molecule has 0 fully saturated rings. The fourth-order valence-electron chi connectivity index (χ4n) is 3.55. The molecule has 0 amide bonds. The highest BCUT2D eigenvalue weighted by molar-refractivity contribution is 7.13. The first kappa shape index (κ1) is 18.1. The summed E-state index contributed by atoms with van der Waals surface area (Å²) in [5.74, 6) is 0. The lowest BCUT2D eigenvalue weighted by molar-refractivity contribution is -0.139. The second-order valence-electron chi connectivity index (χ2n) is 6.80. The molecule has 4 rings (SSSR count). The van der Waals surface area contributed by atoms with Crippen molar-refractivity contribution in [3.8, 4) is 10.4 Å². The molecule has 0 saturated carbocycles. The third-order valence-corrected chi connectivity index (χ3v) is 5.76. The standard InChI is InChI=1S/C21H19F3N2S/c1-13-7-20(27-11-13)15-4-5-16-17-8-14(10-25-2)3-6-18(17)26(19(16)9-15)12-21(22,23)24/h3-9,11,25H,10,12H2,1-2H3. The molecule has 0 aliphatic carbocycles. The summed E-state index contributed by atoms with van der Waals surface area (Å²) in [5, 5.41) is 6.85. The molecule has 0 atom stereocenters. The number of nitrogens with zero attached hydrogens (tertiary/aromatic N) is 1. The summed E-state index contributed by atoms with van der Waals surface area (Å²) in [6.07, 6.45) is -4.28. The number of rotatable bonds is 4. The van der Waals surface area contributed by atoms with Crippen LogP contribution in [-0.2, 0) is 13.1 Å². The minimum absolute atomic E-state index is 0.613. The molecule has 0 aliphatic rings. The number of alkyl halides is 3. The molecule has 140 valence electrons. The smallest absolute Gasteiger partial charge is 0.331 e. The number of benzene rings is 2. The van der Waals surface area contributed by atoms with Crippen LogP contribution in [0.15, 0.2) is 47.8 Å². The van der Waals surface area contributed by atoms with E-state index in [9.17, 15) is 13.2 Å². The van der Waals surface area contributed by atoms with Gasteiger partial charge in [0.15, 0.2) is 0 Å². The van der Waals surface area contributed by atoms with E-state index in [0.29, 0.717) is 17.6 Å². The normalized spacial score (nSPS) is 12.3. The second kappa shape index (κ2) is 6.69. The van der Waals surface area contributed by atoms with Crippen molar-refractivity contribution in [3.05, 3.63) is 59.0 Å². The molecule has 0 unspecified atom stereocenters. The highest BCUT2D eigenvalue weighted by Crippen LogP contribution is 2.36. The van der Waals surface area contributed by atoms with Crippen molar-refractivity contribution in [2.24, 2.45) is 0 Å². The van der Waals surface area contributed by atoms with Crippen LogP contribution >= 0.6 is 11.3 Å². The van der Waals surface area contributed by atoms with Crippen molar-refractivity contribution in [2.45, 2.75) is 26.2 Å². The molecule has 1 N–H and O–H groups in total. The maximum absolute atomic E-state index is 13.3. The zero-order valence-corrected chi connectivity index (χ0v) is 15.8. The van der Waals surface area contributed by atoms with Crippen LogP contribution in [0.3, 0.4) is 0 Å². The largest absolute Gasteiger partial charge is 0.406 e. The van der Waals surface area contributed by atoms with Crippen molar-refractivity contribution in [1.29, 1.82) is 0 Å². The Morgan fingerprint density at radius 2 is 1.81 bits per heavy atom. The molecule has 4 aromatic rings. The van der Waals surface area contributed by atoms with Crippen LogP contribution in [0.4, 0.5) is 13.2 Å². The minimum Gasteiger partial charge on any atom is -0.331 e. The number of fused-ring (bicyclic) bond motifs is 3. The van der Waals surface area contributed by atoms with Gasteiger partial charge in [0.25, 0.3) is 0 Å². The Hall–Kier alpha value is -2.31. The number of aryl methyl sites for hydroxylation is 1. The molecule has 0 bridgehead atoms. The SMILES string of the molecule is CNCc1ccc2c(c1)c1ccc(-c3cc(C)cs3)cc1n2CC(F)(F)F. The quantitative estimate of drug-likeness (QED) is 0.446. The maximum atomic E-state index is 13.3. The molecule has 0 spiro atoms. The molecule has 2 nitrogen and oxygen atoms in total. The van der Waals surface area contributed by atoms with E-state index in [1.54, 1.807) is 17.4 Å². The van der Waals surface area contributed by atoms with Gasteiger partial charge in [-0.05, 0) is 60.3 Å². The van der Waals surface area contributed by atoms with Gasteiger partial charge in [0.05, 0.1) is 5.52 Å². The zero-order valence-electron chi connectivity index (χ0n) is 15.0. The molecule has 0 saturated heterocycles. The summed E-state index contributed by atoms with van der Waals surface area (Å²) in [4.78, 5) is 1.06. The van der Waals surface area contributed by atoms with E-state index in [4.69, 9.17) is 0 Å². The summed E-state index contributed by atoms with van der Waals surface area (Å²) in [7, 11) is 1.85. The summed E-state index contributed by atoms with van der Waals surface area (Å²) in [6, 6.07) is 13.5. The van der Waals surface area contributed by atoms with Gasteiger partial charge in [0.2, 0.25) is 0 Å². The monoisotopic (exact) mass is 388 g/mol. The van der Waals surface area contributed by atoms with Crippen molar-refractivity contribution in [3.63, 3.8) is 0 Å². The Morgan fingerprint density at radius 3 is 2.48 bits per heavy atom. The topological polar surface area (TPSA) is 17.0 Å². The van der Waals surface area contributed by atoms with Gasteiger partial charge in [-0.15, -0.1) is 11.3 Å². The van der Waals surface area contributed by atoms with E-state index in [1.807, 2.05) is 44.3 Å². The third kappa shape index (κ3) is 3.47. The second-order valence-corrected chi connectivity index (χ2v) is 7.71. The van der Waals surface area contributed by atoms with E-state index in [2.05, 4.69) is 16.8 Å². The molecule has 6 heteroatoms. The highest BCUT2D eigenvalue weighted by atomic mass is 32.1. The fourth-order valence-corrected chi connectivity index (χ4v) is 4.44. The summed E-state index contributed by atoms with van der Waals surface area (Å²) in [6.45, 7) is 1.70. The van der Waals surface area contributed by atoms with Crippen molar-refractivity contribution in [1.82, 2.24) is 9.88 Å². The van der Waals surface area contributed by atoms with Crippen LogP contribution in [0.1, 0.15) is 11.1 Å². The van der Waals surface area contributed by atoms with Crippen LogP contribution in [0.25, 0.3) is 32.2 Å². The minimum atomic E-state index is -4.28. The molecular weight excluding hydrogens is 369 g/mol. The van der Waals surface area contributed by atoms with Crippen molar-refractivity contribution in [2.75, 3.05) is 7.05 Å². The van der Waals surface area contributed by atoms with Crippen LogP contribution in [0, 0.1) is 6.92 Å². The predicted octanol–water partition coefficient (Wildman–Crippen LogP) is 6.11. The first-order chi connectivity index (χ1) is 12.9. The number of hydrogen-bond donors (Lipinski definition) is 1. The van der Waals surface area contributed by atoms with E-state index in [0.717, 1.165) is 32.3 Å². The molecular formula is C21H19F3N2S. The van der Waals surface area contributed by atoms with E-state index >= 15 is 0 Å². The number of thiophene rings is 1. The number of hydrogen-bond acceptors (Lipinski definition) is 2. The number of nitrogens with one attached hydrogen (secondary N) is 1.